The summed E-state index contributed by atoms with van der Waals surface area (Å²) < 4.78 is 48.8. The van der Waals surface area contributed by atoms with Crippen molar-refractivity contribution in [1.82, 2.24) is 15.8 Å². The van der Waals surface area contributed by atoms with Crippen molar-refractivity contribution in [1.29, 1.82) is 5.41 Å². The predicted molar refractivity (Wildman–Crippen MR) is 160 cm³/mol. The van der Waals surface area contributed by atoms with Gasteiger partial charge in [0.05, 0.1) is 18.8 Å². The van der Waals surface area contributed by atoms with E-state index in [2.05, 4.69) is 37.1 Å². The van der Waals surface area contributed by atoms with Crippen molar-refractivity contribution in [2.75, 3.05) is 32.2 Å². The minimum absolute atomic E-state index is 0.0683. The number of benzene rings is 2. The number of aliphatic carboxylic acids is 1. The number of pyridine rings is 1. The Bertz CT molecular complexity index is 1480. The van der Waals surface area contributed by atoms with E-state index in [0.29, 0.717) is 58.2 Å². The van der Waals surface area contributed by atoms with Gasteiger partial charge in [0, 0.05) is 35.2 Å². The van der Waals surface area contributed by atoms with Crippen LogP contribution in [0.15, 0.2) is 65.4 Å². The SMILES string of the molecule is CCOc1cc(C(Nc2ccc(C(=N)N)cc2)C(=O)NNC(=O)c2ccncc2Br)ccc1OCCOC.O=C(O)C(F)(F)F. The van der Waals surface area contributed by atoms with E-state index in [-0.39, 0.29) is 5.84 Å². The van der Waals surface area contributed by atoms with Crippen molar-refractivity contribution in [3.63, 3.8) is 0 Å². The van der Waals surface area contributed by atoms with Crippen LogP contribution in [0.1, 0.15) is 34.5 Å². The average molecular weight is 699 g/mol. The minimum atomic E-state index is -5.08. The fourth-order valence-corrected chi connectivity index (χ4v) is 3.79. The molecular formula is C28H30BrF3N6O7. The van der Waals surface area contributed by atoms with Gasteiger partial charge in [0.15, 0.2) is 11.5 Å². The molecule has 45 heavy (non-hydrogen) atoms. The van der Waals surface area contributed by atoms with Gasteiger partial charge in [-0.1, -0.05) is 6.07 Å². The third kappa shape index (κ3) is 11.6. The number of methoxy groups -OCH3 is 1. The van der Waals surface area contributed by atoms with E-state index in [1.807, 2.05) is 6.92 Å². The number of hydrazine groups is 1. The Hall–Kier alpha value is -4.90. The van der Waals surface area contributed by atoms with Crippen molar-refractivity contribution in [3.8, 4) is 11.5 Å². The van der Waals surface area contributed by atoms with Gasteiger partial charge in [-0.3, -0.25) is 30.8 Å². The van der Waals surface area contributed by atoms with Crippen LogP contribution in [0.3, 0.4) is 0 Å². The van der Waals surface area contributed by atoms with Crippen LogP contribution in [0, 0.1) is 5.41 Å². The Morgan fingerprint density at radius 2 is 1.71 bits per heavy atom. The van der Waals surface area contributed by atoms with Crippen LogP contribution in [0.4, 0.5) is 18.9 Å². The molecule has 3 aromatic rings. The molecule has 13 nitrogen and oxygen atoms in total. The summed E-state index contributed by atoms with van der Waals surface area (Å²) in [6, 6.07) is 12.5. The van der Waals surface area contributed by atoms with Crippen LogP contribution in [0.25, 0.3) is 0 Å². The number of nitrogens with zero attached hydrogens (tertiary/aromatic N) is 1. The zero-order valence-corrected chi connectivity index (χ0v) is 25.5. The zero-order chi connectivity index (χ0) is 33.6. The third-order valence-corrected chi connectivity index (χ3v) is 6.11. The lowest BCUT2D eigenvalue weighted by atomic mass is 10.0. The van der Waals surface area contributed by atoms with Gasteiger partial charge in [0.1, 0.15) is 18.5 Å². The standard InChI is InChI=1S/C26H29BrN6O5.C2HF3O2/c1-3-37-22-14-17(6-9-21(22)38-13-12-36-2)23(31-18-7-4-16(5-8-18)24(28)29)26(35)33-32-25(34)19-10-11-30-15-20(19)27;3-2(4,5)1(6)7/h4-11,14-15,23,31H,3,12-13H2,1-2H3,(H3,28,29)(H,32,34)(H,33,35);(H,6,7). The number of nitrogens with two attached hydrogens (primary N) is 1. The van der Waals surface area contributed by atoms with E-state index in [9.17, 15) is 22.8 Å². The summed E-state index contributed by atoms with van der Waals surface area (Å²) in [5, 5.41) is 17.9. The second-order valence-corrected chi connectivity index (χ2v) is 9.50. The molecule has 0 aliphatic carbocycles. The number of carboxylic acid groups (broad SMARTS) is 1. The largest absolute Gasteiger partial charge is 0.490 e. The highest BCUT2D eigenvalue weighted by molar-refractivity contribution is 9.10. The highest BCUT2D eigenvalue weighted by atomic mass is 79.9. The first-order chi connectivity index (χ1) is 21.3. The molecule has 17 heteroatoms. The number of aromatic nitrogens is 1. The lowest BCUT2D eigenvalue weighted by molar-refractivity contribution is -0.192. The highest BCUT2D eigenvalue weighted by Gasteiger charge is 2.38. The number of carbonyl (C=O) groups excluding carboxylic acids is 2. The molecule has 3 rings (SSSR count). The van der Waals surface area contributed by atoms with Crippen molar-refractivity contribution >= 4 is 45.2 Å². The maximum Gasteiger partial charge on any atom is 0.490 e. The van der Waals surface area contributed by atoms with Gasteiger partial charge in [0.25, 0.3) is 11.8 Å². The number of halogens is 4. The number of ether oxygens (including phenoxy) is 3. The molecule has 1 aromatic heterocycles. The fourth-order valence-electron chi connectivity index (χ4n) is 3.36. The first-order valence-corrected chi connectivity index (χ1v) is 13.7. The maximum atomic E-state index is 13.4. The van der Waals surface area contributed by atoms with Crippen LogP contribution in [0.5, 0.6) is 11.5 Å². The second-order valence-electron chi connectivity index (χ2n) is 8.65. The van der Waals surface area contributed by atoms with E-state index in [0.717, 1.165) is 0 Å². The van der Waals surface area contributed by atoms with E-state index in [1.165, 1.54) is 18.5 Å². The number of hydrogen-bond acceptors (Lipinski definition) is 9. The van der Waals surface area contributed by atoms with Crippen molar-refractivity contribution in [2.24, 2.45) is 5.73 Å². The molecule has 0 saturated carbocycles. The van der Waals surface area contributed by atoms with Crippen LogP contribution in [0.2, 0.25) is 0 Å². The Kier molecular flexibility index (Phi) is 14.0. The molecule has 0 fully saturated rings. The second kappa shape index (κ2) is 17.4. The van der Waals surface area contributed by atoms with E-state index < -0.39 is 30.0 Å². The molecular weight excluding hydrogens is 669 g/mol. The number of nitrogens with one attached hydrogen (secondary N) is 4. The molecule has 0 aliphatic rings. The molecule has 0 saturated heterocycles. The average Bonchev–Trinajstić information content (AvgIpc) is 2.99. The van der Waals surface area contributed by atoms with Gasteiger partial charge < -0.3 is 30.4 Å². The molecule has 0 spiro atoms. The number of hydrogen-bond donors (Lipinski definition) is 6. The quantitative estimate of drug-likeness (QED) is 0.0700. The van der Waals surface area contributed by atoms with Gasteiger partial charge in [-0.2, -0.15) is 13.2 Å². The van der Waals surface area contributed by atoms with E-state index in [4.69, 9.17) is 35.3 Å². The zero-order valence-electron chi connectivity index (χ0n) is 23.9. The van der Waals surface area contributed by atoms with Crippen molar-refractivity contribution in [3.05, 3.63) is 82.1 Å². The monoisotopic (exact) mass is 698 g/mol. The Balaban J connectivity index is 0.000000900. The lowest BCUT2D eigenvalue weighted by Crippen LogP contribution is -2.45. The predicted octanol–water partition coefficient (Wildman–Crippen LogP) is 3.80. The van der Waals surface area contributed by atoms with Gasteiger partial charge in [0.2, 0.25) is 0 Å². The molecule has 1 heterocycles. The van der Waals surface area contributed by atoms with Gasteiger partial charge in [-0.25, -0.2) is 4.79 Å². The minimum Gasteiger partial charge on any atom is -0.490 e. The molecule has 242 valence electrons. The summed E-state index contributed by atoms with van der Waals surface area (Å²) >= 11 is 3.28. The van der Waals surface area contributed by atoms with Crippen LogP contribution in [-0.4, -0.2) is 66.8 Å². The number of rotatable bonds is 12. The molecule has 1 atom stereocenters. The van der Waals surface area contributed by atoms with E-state index in [1.54, 1.807) is 49.6 Å². The highest BCUT2D eigenvalue weighted by Crippen LogP contribution is 2.32. The van der Waals surface area contributed by atoms with E-state index >= 15 is 0 Å². The molecule has 1 unspecified atom stereocenters. The number of anilines is 1. The summed E-state index contributed by atoms with van der Waals surface area (Å²) in [6.07, 6.45) is -2.13. The van der Waals surface area contributed by atoms with Gasteiger partial charge in [-0.15, -0.1) is 0 Å². The number of amides is 2. The summed E-state index contributed by atoms with van der Waals surface area (Å²) in [6.45, 7) is 2.97. The number of carbonyl (C=O) groups is 3. The molecule has 7 N–H and O–H groups in total. The van der Waals surface area contributed by atoms with Crippen molar-refractivity contribution < 1.29 is 46.9 Å². The number of amidine groups is 1. The number of alkyl halides is 3. The topological polar surface area (TPSA) is 198 Å². The van der Waals surface area contributed by atoms with Crippen LogP contribution < -0.4 is 31.4 Å². The summed E-state index contributed by atoms with van der Waals surface area (Å²) in [5.74, 6) is -2.91. The van der Waals surface area contributed by atoms with Gasteiger partial charge in [-0.05, 0) is 70.9 Å². The maximum absolute atomic E-state index is 13.4. The van der Waals surface area contributed by atoms with Gasteiger partial charge >= 0.3 is 12.1 Å². The molecule has 2 amide bonds. The van der Waals surface area contributed by atoms with Crippen LogP contribution >= 0.6 is 15.9 Å². The summed E-state index contributed by atoms with van der Waals surface area (Å²) in [4.78, 5) is 38.8. The third-order valence-electron chi connectivity index (χ3n) is 5.47. The molecule has 0 aliphatic heterocycles. The summed E-state index contributed by atoms with van der Waals surface area (Å²) in [7, 11) is 1.58. The number of nitrogen functional groups attached to an aromatic ring is 1. The van der Waals surface area contributed by atoms with Crippen molar-refractivity contribution in [2.45, 2.75) is 19.1 Å². The fraction of sp³-hybridized carbons (Fsp3) is 0.250. The first kappa shape index (κ1) is 36.3. The lowest BCUT2D eigenvalue weighted by Gasteiger charge is -2.22. The smallest absolute Gasteiger partial charge is 0.490 e. The Morgan fingerprint density at radius 3 is 2.27 bits per heavy atom. The summed E-state index contributed by atoms with van der Waals surface area (Å²) in [5.41, 5.74) is 12.5. The Morgan fingerprint density at radius 1 is 1.04 bits per heavy atom. The molecule has 0 radical (unpaired) electrons. The first-order valence-electron chi connectivity index (χ1n) is 12.9. The molecule has 2 aromatic carbocycles. The molecule has 0 bridgehead atoms. The number of carboxylic acids is 1. The Labute approximate surface area is 263 Å². The normalized spacial score (nSPS) is 11.2. The van der Waals surface area contributed by atoms with Crippen LogP contribution in [-0.2, 0) is 14.3 Å².